The number of methoxy groups -OCH3 is 1. The second kappa shape index (κ2) is 7.11. The van der Waals surface area contributed by atoms with Crippen LogP contribution in [0.15, 0.2) is 24.3 Å². The minimum atomic E-state index is -0.0964. The largest absolute Gasteiger partial charge is 0.497 e. The molecular weight excluding hydrogens is 268 g/mol. The zero-order chi connectivity index (χ0) is 15.2. The molecule has 0 aromatic heterocycles. The van der Waals surface area contributed by atoms with Gasteiger partial charge in [0.05, 0.1) is 13.0 Å². The van der Waals surface area contributed by atoms with Crippen LogP contribution in [-0.4, -0.2) is 36.9 Å². The first kappa shape index (κ1) is 15.4. The van der Waals surface area contributed by atoms with Crippen LogP contribution < -0.4 is 10.1 Å². The van der Waals surface area contributed by atoms with Crippen LogP contribution in [0, 0.1) is 5.92 Å². The summed E-state index contributed by atoms with van der Waals surface area (Å²) in [6.45, 7) is 3.68. The van der Waals surface area contributed by atoms with Crippen molar-refractivity contribution in [3.63, 3.8) is 0 Å². The van der Waals surface area contributed by atoms with E-state index in [-0.39, 0.29) is 17.7 Å². The molecule has 1 N–H and O–H groups in total. The first-order valence-corrected chi connectivity index (χ1v) is 7.32. The number of carbonyl (C=O) groups excluding carboxylic acids is 2. The van der Waals surface area contributed by atoms with Crippen molar-refractivity contribution in [2.45, 2.75) is 26.3 Å². The molecule has 5 nitrogen and oxygen atoms in total. The van der Waals surface area contributed by atoms with E-state index < -0.39 is 0 Å². The van der Waals surface area contributed by atoms with Gasteiger partial charge in [0, 0.05) is 26.1 Å². The van der Waals surface area contributed by atoms with E-state index in [0.717, 1.165) is 11.3 Å². The molecule has 1 aliphatic rings. The molecule has 2 rings (SSSR count). The van der Waals surface area contributed by atoms with Crippen LogP contribution in [0.2, 0.25) is 0 Å². The highest BCUT2D eigenvalue weighted by molar-refractivity contribution is 5.83. The number of nitrogens with one attached hydrogen (secondary N) is 1. The second-order valence-corrected chi connectivity index (χ2v) is 5.24. The lowest BCUT2D eigenvalue weighted by Crippen LogP contribution is -2.44. The number of benzene rings is 1. The van der Waals surface area contributed by atoms with Crippen molar-refractivity contribution in [1.29, 1.82) is 0 Å². The van der Waals surface area contributed by atoms with E-state index in [1.54, 1.807) is 7.11 Å². The minimum absolute atomic E-state index is 0.0391. The summed E-state index contributed by atoms with van der Waals surface area (Å²) in [5.74, 6) is 0.870. The number of carbonyl (C=O) groups is 2. The lowest BCUT2D eigenvalue weighted by atomic mass is 9.97. The SMILES string of the molecule is CCN(Cc1ccc(OC)cc1)C(=O)C1CCC(=O)NC1. The first-order chi connectivity index (χ1) is 10.1. The van der Waals surface area contributed by atoms with Crippen molar-refractivity contribution in [3.05, 3.63) is 29.8 Å². The van der Waals surface area contributed by atoms with Crippen LogP contribution in [0.3, 0.4) is 0 Å². The summed E-state index contributed by atoms with van der Waals surface area (Å²) < 4.78 is 5.13. The van der Waals surface area contributed by atoms with Crippen LogP contribution in [0.25, 0.3) is 0 Å². The molecule has 5 heteroatoms. The Morgan fingerprint density at radius 3 is 2.62 bits per heavy atom. The van der Waals surface area contributed by atoms with Crippen molar-refractivity contribution < 1.29 is 14.3 Å². The summed E-state index contributed by atoms with van der Waals surface area (Å²) >= 11 is 0. The summed E-state index contributed by atoms with van der Waals surface area (Å²) in [6, 6.07) is 7.73. The molecule has 1 aliphatic heterocycles. The smallest absolute Gasteiger partial charge is 0.227 e. The molecule has 1 fully saturated rings. The topological polar surface area (TPSA) is 58.6 Å². The maximum atomic E-state index is 12.5. The van der Waals surface area contributed by atoms with Gasteiger partial charge in [-0.1, -0.05) is 12.1 Å². The zero-order valence-corrected chi connectivity index (χ0v) is 12.6. The van der Waals surface area contributed by atoms with Gasteiger partial charge in [-0.15, -0.1) is 0 Å². The summed E-state index contributed by atoms with van der Waals surface area (Å²) in [5, 5.41) is 2.77. The van der Waals surface area contributed by atoms with E-state index in [1.807, 2.05) is 36.1 Å². The van der Waals surface area contributed by atoms with Gasteiger partial charge in [0.25, 0.3) is 0 Å². The van der Waals surface area contributed by atoms with E-state index in [2.05, 4.69) is 5.32 Å². The Kier molecular flexibility index (Phi) is 5.20. The average Bonchev–Trinajstić information content (AvgIpc) is 2.53. The molecule has 1 unspecified atom stereocenters. The highest BCUT2D eigenvalue weighted by atomic mass is 16.5. The Morgan fingerprint density at radius 2 is 2.10 bits per heavy atom. The fraction of sp³-hybridized carbons (Fsp3) is 0.500. The lowest BCUT2D eigenvalue weighted by Gasteiger charge is -2.28. The number of ether oxygens (including phenoxy) is 1. The van der Waals surface area contributed by atoms with E-state index in [0.29, 0.717) is 32.5 Å². The monoisotopic (exact) mass is 290 g/mol. The molecule has 1 aromatic carbocycles. The predicted octanol–water partition coefficient (Wildman–Crippen LogP) is 1.57. The summed E-state index contributed by atoms with van der Waals surface area (Å²) in [5.41, 5.74) is 1.07. The number of hydrogen-bond acceptors (Lipinski definition) is 3. The molecule has 1 heterocycles. The van der Waals surface area contributed by atoms with Crippen LogP contribution in [0.5, 0.6) is 5.75 Å². The van der Waals surface area contributed by atoms with Crippen LogP contribution >= 0.6 is 0 Å². The van der Waals surface area contributed by atoms with Gasteiger partial charge < -0.3 is 15.0 Å². The average molecular weight is 290 g/mol. The van der Waals surface area contributed by atoms with Crippen molar-refractivity contribution in [2.75, 3.05) is 20.2 Å². The first-order valence-electron chi connectivity index (χ1n) is 7.32. The van der Waals surface area contributed by atoms with Gasteiger partial charge in [0.15, 0.2) is 0 Å². The third-order valence-corrected chi connectivity index (χ3v) is 3.84. The van der Waals surface area contributed by atoms with Crippen LogP contribution in [0.4, 0.5) is 0 Å². The molecule has 1 aromatic rings. The highest BCUT2D eigenvalue weighted by Crippen LogP contribution is 2.17. The minimum Gasteiger partial charge on any atom is -0.497 e. The number of rotatable bonds is 5. The van der Waals surface area contributed by atoms with Crippen molar-refractivity contribution >= 4 is 11.8 Å². The van der Waals surface area contributed by atoms with E-state index in [9.17, 15) is 9.59 Å². The quantitative estimate of drug-likeness (QED) is 0.895. The summed E-state index contributed by atoms with van der Waals surface area (Å²) in [6.07, 6.45) is 1.08. The fourth-order valence-corrected chi connectivity index (χ4v) is 2.50. The second-order valence-electron chi connectivity index (χ2n) is 5.24. The van der Waals surface area contributed by atoms with Gasteiger partial charge in [-0.25, -0.2) is 0 Å². The number of amides is 2. The van der Waals surface area contributed by atoms with E-state index in [4.69, 9.17) is 4.74 Å². The maximum absolute atomic E-state index is 12.5. The molecule has 114 valence electrons. The molecule has 1 saturated heterocycles. The Balaban J connectivity index is 1.97. The molecular formula is C16H22N2O3. The molecule has 0 radical (unpaired) electrons. The fourth-order valence-electron chi connectivity index (χ4n) is 2.50. The standard InChI is InChI=1S/C16H22N2O3/c1-3-18(11-12-4-7-14(21-2)8-5-12)16(20)13-6-9-15(19)17-10-13/h4-5,7-8,13H,3,6,9-11H2,1-2H3,(H,17,19). The van der Waals surface area contributed by atoms with Gasteiger partial charge in [-0.2, -0.15) is 0 Å². The molecule has 0 saturated carbocycles. The maximum Gasteiger partial charge on any atom is 0.227 e. The van der Waals surface area contributed by atoms with Gasteiger partial charge in [-0.3, -0.25) is 9.59 Å². The Labute approximate surface area is 125 Å². The van der Waals surface area contributed by atoms with Crippen molar-refractivity contribution in [1.82, 2.24) is 10.2 Å². The Morgan fingerprint density at radius 1 is 1.38 bits per heavy atom. The van der Waals surface area contributed by atoms with E-state index >= 15 is 0 Å². The summed E-state index contributed by atoms with van der Waals surface area (Å²) in [4.78, 5) is 25.5. The molecule has 0 bridgehead atoms. The predicted molar refractivity (Wildman–Crippen MR) is 79.8 cm³/mol. The molecule has 0 aliphatic carbocycles. The third kappa shape index (κ3) is 3.97. The van der Waals surface area contributed by atoms with Crippen LogP contribution in [0.1, 0.15) is 25.3 Å². The summed E-state index contributed by atoms with van der Waals surface area (Å²) in [7, 11) is 1.63. The molecule has 21 heavy (non-hydrogen) atoms. The van der Waals surface area contributed by atoms with Gasteiger partial charge in [-0.05, 0) is 31.0 Å². The number of nitrogens with zero attached hydrogens (tertiary/aromatic N) is 1. The van der Waals surface area contributed by atoms with Crippen molar-refractivity contribution in [3.8, 4) is 5.75 Å². The molecule has 2 amide bonds. The lowest BCUT2D eigenvalue weighted by molar-refractivity contribution is -0.137. The Bertz CT molecular complexity index is 489. The normalized spacial score (nSPS) is 18.0. The van der Waals surface area contributed by atoms with E-state index in [1.165, 1.54) is 0 Å². The third-order valence-electron chi connectivity index (χ3n) is 3.84. The zero-order valence-electron chi connectivity index (χ0n) is 12.6. The number of hydrogen-bond donors (Lipinski definition) is 1. The van der Waals surface area contributed by atoms with Crippen molar-refractivity contribution in [2.24, 2.45) is 5.92 Å². The highest BCUT2D eigenvalue weighted by Gasteiger charge is 2.27. The van der Waals surface area contributed by atoms with Gasteiger partial charge in [0.1, 0.15) is 5.75 Å². The van der Waals surface area contributed by atoms with Gasteiger partial charge in [0.2, 0.25) is 11.8 Å². The van der Waals surface area contributed by atoms with Crippen LogP contribution in [-0.2, 0) is 16.1 Å². The molecule has 1 atom stereocenters. The molecule has 0 spiro atoms. The Hall–Kier alpha value is -2.04. The number of piperidine rings is 1. The van der Waals surface area contributed by atoms with Gasteiger partial charge >= 0.3 is 0 Å².